The van der Waals surface area contributed by atoms with Gasteiger partial charge in [-0.25, -0.2) is 0 Å². The summed E-state index contributed by atoms with van der Waals surface area (Å²) in [5, 5.41) is 12.1. The van der Waals surface area contributed by atoms with E-state index in [4.69, 9.17) is 0 Å². The molecule has 1 atom stereocenters. The summed E-state index contributed by atoms with van der Waals surface area (Å²) in [6, 6.07) is 9.83. The van der Waals surface area contributed by atoms with Crippen LogP contribution in [0.2, 0.25) is 0 Å². The molecule has 1 amide bonds. The topological polar surface area (TPSA) is 67.2 Å². The monoisotopic (exact) mass is 332 g/mol. The first-order valence-corrected chi connectivity index (χ1v) is 8.90. The SMILES string of the molecule is CS[C@H](C)C(=O)N1CCN(c2nnnn2-c2ccccc2)CC1. The lowest BCUT2D eigenvalue weighted by Gasteiger charge is -2.35. The Kier molecular flexibility index (Phi) is 4.80. The Hall–Kier alpha value is -2.09. The molecule has 23 heavy (non-hydrogen) atoms. The van der Waals surface area contributed by atoms with E-state index in [0.717, 1.165) is 24.7 Å². The molecule has 1 aliphatic rings. The second-order valence-corrected chi connectivity index (χ2v) is 6.60. The summed E-state index contributed by atoms with van der Waals surface area (Å²) in [5.41, 5.74) is 0.932. The summed E-state index contributed by atoms with van der Waals surface area (Å²) in [5.74, 6) is 0.931. The minimum atomic E-state index is 0.0104. The maximum Gasteiger partial charge on any atom is 0.250 e. The van der Waals surface area contributed by atoms with Crippen LogP contribution in [0.1, 0.15) is 6.92 Å². The van der Waals surface area contributed by atoms with Crippen LogP contribution in [-0.4, -0.2) is 68.7 Å². The van der Waals surface area contributed by atoms with Crippen molar-refractivity contribution in [3.63, 3.8) is 0 Å². The molecule has 0 bridgehead atoms. The van der Waals surface area contributed by atoms with Crippen molar-refractivity contribution in [3.8, 4) is 5.69 Å². The number of nitrogens with zero attached hydrogens (tertiary/aromatic N) is 6. The molecule has 8 heteroatoms. The lowest BCUT2D eigenvalue weighted by Crippen LogP contribution is -2.51. The molecule has 0 radical (unpaired) electrons. The Labute approximate surface area is 139 Å². The Balaban J connectivity index is 1.70. The highest BCUT2D eigenvalue weighted by molar-refractivity contribution is 7.99. The molecular weight excluding hydrogens is 312 g/mol. The Morgan fingerprint density at radius 1 is 1.17 bits per heavy atom. The molecule has 1 aromatic heterocycles. The van der Waals surface area contributed by atoms with Crippen molar-refractivity contribution in [1.82, 2.24) is 25.1 Å². The van der Waals surface area contributed by atoms with Crippen LogP contribution in [0.5, 0.6) is 0 Å². The number of hydrogen-bond donors (Lipinski definition) is 0. The number of anilines is 1. The van der Waals surface area contributed by atoms with Gasteiger partial charge in [0.2, 0.25) is 11.9 Å². The van der Waals surface area contributed by atoms with Crippen LogP contribution in [0.3, 0.4) is 0 Å². The van der Waals surface area contributed by atoms with E-state index >= 15 is 0 Å². The lowest BCUT2D eigenvalue weighted by molar-refractivity contribution is -0.130. The summed E-state index contributed by atoms with van der Waals surface area (Å²) in [4.78, 5) is 16.3. The van der Waals surface area contributed by atoms with Gasteiger partial charge in [-0.2, -0.15) is 16.4 Å². The van der Waals surface area contributed by atoms with Gasteiger partial charge in [0.25, 0.3) is 0 Å². The highest BCUT2D eigenvalue weighted by Gasteiger charge is 2.26. The number of benzene rings is 1. The zero-order valence-corrected chi connectivity index (χ0v) is 14.1. The Morgan fingerprint density at radius 2 is 1.87 bits per heavy atom. The second kappa shape index (κ2) is 6.99. The maximum absolute atomic E-state index is 12.3. The van der Waals surface area contributed by atoms with E-state index in [9.17, 15) is 4.79 Å². The molecule has 122 valence electrons. The zero-order valence-electron chi connectivity index (χ0n) is 13.3. The number of carbonyl (C=O) groups is 1. The van der Waals surface area contributed by atoms with Gasteiger partial charge in [0.1, 0.15) is 0 Å². The van der Waals surface area contributed by atoms with Crippen LogP contribution in [-0.2, 0) is 4.79 Å². The van der Waals surface area contributed by atoms with Crippen molar-refractivity contribution in [2.45, 2.75) is 12.2 Å². The van der Waals surface area contributed by atoms with Gasteiger partial charge in [-0.15, -0.1) is 0 Å². The number of hydrogen-bond acceptors (Lipinski definition) is 6. The molecule has 0 N–H and O–H groups in total. The van der Waals surface area contributed by atoms with Crippen LogP contribution in [0.15, 0.2) is 30.3 Å². The highest BCUT2D eigenvalue weighted by atomic mass is 32.2. The Morgan fingerprint density at radius 3 is 2.52 bits per heavy atom. The first-order valence-electron chi connectivity index (χ1n) is 7.61. The van der Waals surface area contributed by atoms with Gasteiger partial charge in [-0.1, -0.05) is 23.3 Å². The van der Waals surface area contributed by atoms with Crippen molar-refractivity contribution >= 4 is 23.6 Å². The molecule has 1 saturated heterocycles. The van der Waals surface area contributed by atoms with E-state index in [1.54, 1.807) is 16.4 Å². The van der Waals surface area contributed by atoms with Crippen molar-refractivity contribution in [2.24, 2.45) is 0 Å². The normalized spacial score (nSPS) is 16.4. The largest absolute Gasteiger partial charge is 0.338 e. The second-order valence-electron chi connectivity index (χ2n) is 5.42. The number of thioether (sulfide) groups is 1. The van der Waals surface area contributed by atoms with Crippen molar-refractivity contribution in [1.29, 1.82) is 0 Å². The van der Waals surface area contributed by atoms with Gasteiger partial charge in [0.15, 0.2) is 0 Å². The standard InChI is InChI=1S/C15H20N6OS/c1-12(23-2)14(22)19-8-10-20(11-9-19)15-16-17-18-21(15)13-6-4-3-5-7-13/h3-7,12H,8-11H2,1-2H3/t12-/m1/s1. The van der Waals surface area contributed by atoms with E-state index in [1.807, 2.05) is 48.4 Å². The third-order valence-electron chi connectivity index (χ3n) is 4.03. The smallest absolute Gasteiger partial charge is 0.250 e. The number of para-hydroxylation sites is 1. The molecule has 2 aromatic rings. The number of carbonyl (C=O) groups excluding carboxylic acids is 1. The first kappa shape index (κ1) is 15.8. The third-order valence-corrected chi connectivity index (χ3v) is 4.94. The van der Waals surface area contributed by atoms with Crippen LogP contribution in [0.25, 0.3) is 5.69 Å². The lowest BCUT2D eigenvalue weighted by atomic mass is 10.3. The molecule has 0 aliphatic carbocycles. The fraction of sp³-hybridized carbons (Fsp3) is 0.467. The first-order chi connectivity index (χ1) is 11.2. The van der Waals surface area contributed by atoms with Gasteiger partial charge in [-0.05, 0) is 35.7 Å². The molecule has 1 aliphatic heterocycles. The molecule has 2 heterocycles. The molecule has 0 spiro atoms. The summed E-state index contributed by atoms with van der Waals surface area (Å²) < 4.78 is 1.74. The molecule has 3 rings (SSSR count). The number of aromatic nitrogens is 4. The van der Waals surface area contributed by atoms with Crippen LogP contribution in [0.4, 0.5) is 5.95 Å². The summed E-state index contributed by atoms with van der Waals surface area (Å²) in [6.45, 7) is 4.83. The minimum Gasteiger partial charge on any atom is -0.338 e. The Bertz CT molecular complexity index is 653. The van der Waals surface area contributed by atoms with Gasteiger partial charge < -0.3 is 9.80 Å². The van der Waals surface area contributed by atoms with Gasteiger partial charge in [0, 0.05) is 26.2 Å². The third kappa shape index (κ3) is 3.31. The summed E-state index contributed by atoms with van der Waals surface area (Å²) >= 11 is 1.58. The van der Waals surface area contributed by atoms with E-state index in [1.165, 1.54) is 0 Å². The fourth-order valence-corrected chi connectivity index (χ4v) is 2.95. The number of piperazine rings is 1. The quantitative estimate of drug-likeness (QED) is 0.834. The van der Waals surface area contributed by atoms with E-state index < -0.39 is 0 Å². The average Bonchev–Trinajstić information content (AvgIpc) is 3.11. The molecule has 1 aromatic carbocycles. The van der Waals surface area contributed by atoms with Crippen LogP contribution >= 0.6 is 11.8 Å². The zero-order chi connectivity index (χ0) is 16.2. The van der Waals surface area contributed by atoms with Crippen molar-refractivity contribution in [2.75, 3.05) is 37.3 Å². The van der Waals surface area contributed by atoms with Gasteiger partial charge in [0.05, 0.1) is 10.9 Å². The van der Waals surface area contributed by atoms with Crippen LogP contribution in [0, 0.1) is 0 Å². The molecule has 0 saturated carbocycles. The molecule has 0 unspecified atom stereocenters. The van der Waals surface area contributed by atoms with Crippen molar-refractivity contribution < 1.29 is 4.79 Å². The fourth-order valence-electron chi connectivity index (χ4n) is 2.60. The highest BCUT2D eigenvalue weighted by Crippen LogP contribution is 2.18. The number of rotatable bonds is 4. The van der Waals surface area contributed by atoms with Gasteiger partial charge >= 0.3 is 0 Å². The maximum atomic E-state index is 12.3. The molecular formula is C15H20N6OS. The van der Waals surface area contributed by atoms with E-state index in [0.29, 0.717) is 13.1 Å². The predicted molar refractivity (Wildman–Crippen MR) is 90.9 cm³/mol. The number of amides is 1. The van der Waals surface area contributed by atoms with Crippen LogP contribution < -0.4 is 4.90 Å². The summed E-state index contributed by atoms with van der Waals surface area (Å²) in [6.07, 6.45) is 1.97. The van der Waals surface area contributed by atoms with E-state index in [2.05, 4.69) is 20.4 Å². The average molecular weight is 332 g/mol. The summed E-state index contributed by atoms with van der Waals surface area (Å²) in [7, 11) is 0. The number of tetrazole rings is 1. The predicted octanol–water partition coefficient (Wildman–Crippen LogP) is 1.06. The minimum absolute atomic E-state index is 0.0104. The van der Waals surface area contributed by atoms with Gasteiger partial charge in [-0.3, -0.25) is 4.79 Å². The molecule has 1 fully saturated rings. The molecule has 7 nitrogen and oxygen atoms in total. The van der Waals surface area contributed by atoms with Crippen molar-refractivity contribution in [3.05, 3.63) is 30.3 Å². The van der Waals surface area contributed by atoms with E-state index in [-0.39, 0.29) is 11.2 Å².